The summed E-state index contributed by atoms with van der Waals surface area (Å²) in [7, 11) is 0. The van der Waals surface area contributed by atoms with E-state index in [1.807, 2.05) is 0 Å². The second-order valence-electron chi connectivity index (χ2n) is 2.07. The minimum atomic E-state index is -2.07. The second-order valence-corrected chi connectivity index (χ2v) is 5.63. The smallest absolute Gasteiger partial charge is 0.189 e. The summed E-state index contributed by atoms with van der Waals surface area (Å²) < 4.78 is -3.41. The summed E-state index contributed by atoms with van der Waals surface area (Å²) in [6.07, 6.45) is 0. The van der Waals surface area contributed by atoms with E-state index >= 15 is 0 Å². The van der Waals surface area contributed by atoms with Gasteiger partial charge in [-0.2, -0.15) is 9.94 Å². The fraction of sp³-hybridized carbons (Fsp3) is 0.500. The molecule has 0 aliphatic carbocycles. The number of tetrazole rings is 1. The van der Waals surface area contributed by atoms with Crippen LogP contribution in [0.15, 0.2) is 0 Å². The molecule has 76 valence electrons. The summed E-state index contributed by atoms with van der Waals surface area (Å²) in [6.45, 7) is 0. The number of hydrogen-bond acceptors (Lipinski definition) is 4. The molecule has 0 unspecified atom stereocenters. The van der Waals surface area contributed by atoms with Gasteiger partial charge in [0.25, 0.3) is 10.3 Å². The Bertz CT molecular complexity index is 372. The van der Waals surface area contributed by atoms with E-state index in [0.29, 0.717) is 4.68 Å². The first kappa shape index (κ1) is 12.1. The van der Waals surface area contributed by atoms with Crippen molar-refractivity contribution in [2.75, 3.05) is 0 Å². The van der Waals surface area contributed by atoms with Crippen molar-refractivity contribution in [3.8, 4) is 6.07 Å². The van der Waals surface area contributed by atoms with Crippen LogP contribution < -0.4 is 0 Å². The zero-order valence-corrected chi connectivity index (χ0v) is 9.91. The van der Waals surface area contributed by atoms with Crippen molar-refractivity contribution >= 4 is 58.0 Å². The Morgan fingerprint density at radius 2 is 1.79 bits per heavy atom. The molecule has 1 rings (SSSR count). The van der Waals surface area contributed by atoms with Gasteiger partial charge in [-0.1, -0.05) is 63.1 Å². The van der Waals surface area contributed by atoms with Gasteiger partial charge < -0.3 is 0 Å². The highest BCUT2D eigenvalue weighted by molar-refractivity contribution is 6.74. The van der Waals surface area contributed by atoms with Crippen LogP contribution in [0.5, 0.6) is 0 Å². The molecular weight excluding hydrogens is 295 g/mol. The molecule has 5 nitrogen and oxygen atoms in total. The van der Waals surface area contributed by atoms with Gasteiger partial charge in [0, 0.05) is 0 Å². The minimum Gasteiger partial charge on any atom is -0.189 e. The highest BCUT2D eigenvalue weighted by Gasteiger charge is 2.50. The molecule has 1 heterocycles. The maximum absolute atomic E-state index is 8.58. The summed E-state index contributed by atoms with van der Waals surface area (Å²) in [6, 6.07) is 1.64. The Balaban J connectivity index is 3.24. The van der Waals surface area contributed by atoms with Gasteiger partial charge in [-0.25, -0.2) is 0 Å². The zero-order chi connectivity index (χ0) is 11.0. The quantitative estimate of drug-likeness (QED) is 0.743. The van der Waals surface area contributed by atoms with Crippen molar-refractivity contribution in [3.63, 3.8) is 0 Å². The van der Waals surface area contributed by atoms with Gasteiger partial charge in [0.15, 0.2) is 0 Å². The third kappa shape index (κ3) is 2.00. The van der Waals surface area contributed by atoms with Crippen molar-refractivity contribution in [1.82, 2.24) is 20.2 Å². The van der Waals surface area contributed by atoms with E-state index in [-0.39, 0.29) is 5.82 Å². The Morgan fingerprint density at radius 1 is 1.21 bits per heavy atom. The molecule has 0 saturated heterocycles. The average Bonchev–Trinajstić information content (AvgIpc) is 2.49. The lowest BCUT2D eigenvalue weighted by atomic mass is 10.6. The Morgan fingerprint density at radius 3 is 2.21 bits per heavy atom. The van der Waals surface area contributed by atoms with E-state index < -0.39 is 8.25 Å². The molecule has 0 saturated carbocycles. The van der Waals surface area contributed by atoms with Crippen LogP contribution in [0.4, 0.5) is 0 Å². The maximum Gasteiger partial charge on any atom is 0.260 e. The van der Waals surface area contributed by atoms with Crippen LogP contribution in [-0.2, 0) is 4.46 Å². The first-order valence-corrected chi connectivity index (χ1v) is 4.83. The molecular formula is C4Cl5N5. The molecule has 0 aliphatic heterocycles. The number of alkyl halides is 5. The molecule has 1 aromatic heterocycles. The van der Waals surface area contributed by atoms with Gasteiger partial charge in [-0.3, -0.25) is 0 Å². The molecule has 0 N–H and O–H groups in total. The van der Waals surface area contributed by atoms with E-state index in [9.17, 15) is 0 Å². The van der Waals surface area contributed by atoms with Crippen molar-refractivity contribution in [2.45, 2.75) is 8.25 Å². The summed E-state index contributed by atoms with van der Waals surface area (Å²) in [4.78, 5) is 0. The SMILES string of the molecule is N#Cc1nnnn1C(Cl)(Cl)C(Cl)(Cl)Cl. The molecule has 0 aromatic carbocycles. The predicted octanol–water partition coefficient (Wildman–Crippen LogP) is 2.00. The average molecular weight is 295 g/mol. The fourth-order valence-electron chi connectivity index (χ4n) is 0.566. The molecule has 0 aliphatic rings. The van der Waals surface area contributed by atoms with Crippen molar-refractivity contribution < 1.29 is 0 Å². The number of halogens is 5. The van der Waals surface area contributed by atoms with Gasteiger partial charge in [0.05, 0.1) is 0 Å². The summed E-state index contributed by atoms with van der Waals surface area (Å²) >= 11 is 27.9. The molecule has 0 fully saturated rings. The lowest BCUT2D eigenvalue weighted by Gasteiger charge is -2.26. The van der Waals surface area contributed by atoms with Crippen molar-refractivity contribution in [1.29, 1.82) is 5.26 Å². The van der Waals surface area contributed by atoms with Crippen LogP contribution >= 0.6 is 58.0 Å². The van der Waals surface area contributed by atoms with Crippen LogP contribution in [0.2, 0.25) is 0 Å². The summed E-state index contributed by atoms with van der Waals surface area (Å²) in [5.74, 6) is -0.263. The highest BCUT2D eigenvalue weighted by atomic mass is 35.6. The number of nitrogens with zero attached hydrogens (tertiary/aromatic N) is 5. The first-order chi connectivity index (χ1) is 6.30. The second kappa shape index (κ2) is 3.87. The van der Waals surface area contributed by atoms with Gasteiger partial charge >= 0.3 is 0 Å². The van der Waals surface area contributed by atoms with Gasteiger partial charge in [-0.15, -0.1) is 0 Å². The van der Waals surface area contributed by atoms with Gasteiger partial charge in [0.2, 0.25) is 3.79 Å². The van der Waals surface area contributed by atoms with E-state index in [1.165, 1.54) is 0 Å². The number of nitriles is 1. The standard InChI is InChI=1S/C4Cl5N5/c5-3(6,7)4(8,9)14-2(1-10)11-12-13-14. The zero-order valence-electron chi connectivity index (χ0n) is 6.13. The third-order valence-corrected chi connectivity index (χ3v) is 3.46. The van der Waals surface area contributed by atoms with E-state index in [1.54, 1.807) is 6.07 Å². The number of hydrogen-bond donors (Lipinski definition) is 0. The molecule has 1 aromatic rings. The van der Waals surface area contributed by atoms with E-state index in [0.717, 1.165) is 0 Å². The Labute approximate surface area is 103 Å². The lowest BCUT2D eigenvalue weighted by molar-refractivity contribution is 0.515. The van der Waals surface area contributed by atoms with Crippen LogP contribution in [0.25, 0.3) is 0 Å². The highest BCUT2D eigenvalue weighted by Crippen LogP contribution is 2.49. The monoisotopic (exact) mass is 293 g/mol. The summed E-state index contributed by atoms with van der Waals surface area (Å²) in [5, 5.41) is 18.4. The molecule has 0 radical (unpaired) electrons. The number of aromatic nitrogens is 4. The molecule has 10 heteroatoms. The van der Waals surface area contributed by atoms with Gasteiger partial charge in [0.1, 0.15) is 6.07 Å². The topological polar surface area (TPSA) is 67.4 Å². The first-order valence-electron chi connectivity index (χ1n) is 2.94. The lowest BCUT2D eigenvalue weighted by Crippen LogP contribution is -2.36. The third-order valence-electron chi connectivity index (χ3n) is 1.18. The van der Waals surface area contributed by atoms with Crippen LogP contribution in [-0.4, -0.2) is 24.0 Å². The Hall–Kier alpha value is 0.0100. The molecule has 0 spiro atoms. The molecule has 14 heavy (non-hydrogen) atoms. The van der Waals surface area contributed by atoms with Gasteiger partial charge in [-0.05, 0) is 10.4 Å². The predicted molar refractivity (Wildman–Crippen MR) is 52.5 cm³/mol. The Kier molecular flexibility index (Phi) is 3.34. The molecule has 0 amide bonds. The largest absolute Gasteiger partial charge is 0.260 e. The van der Waals surface area contributed by atoms with Crippen molar-refractivity contribution in [3.05, 3.63) is 5.82 Å². The summed E-state index contributed by atoms with van der Waals surface area (Å²) in [5.41, 5.74) is 0. The van der Waals surface area contributed by atoms with Crippen LogP contribution in [0, 0.1) is 11.3 Å². The molecule has 0 atom stereocenters. The van der Waals surface area contributed by atoms with E-state index in [2.05, 4.69) is 15.5 Å². The van der Waals surface area contributed by atoms with Crippen LogP contribution in [0.1, 0.15) is 5.82 Å². The minimum absolute atomic E-state index is 0.263. The fourth-order valence-corrected chi connectivity index (χ4v) is 1.03. The van der Waals surface area contributed by atoms with E-state index in [4.69, 9.17) is 63.3 Å². The maximum atomic E-state index is 8.58. The number of rotatable bonds is 1. The van der Waals surface area contributed by atoms with Crippen molar-refractivity contribution in [2.24, 2.45) is 0 Å². The normalized spacial score (nSPS) is 12.6. The molecule has 0 bridgehead atoms. The van der Waals surface area contributed by atoms with Crippen LogP contribution in [0.3, 0.4) is 0 Å².